The Morgan fingerprint density at radius 1 is 1.21 bits per heavy atom. The van der Waals surface area contributed by atoms with Gasteiger partial charge in [0.25, 0.3) is 0 Å². The molecule has 0 saturated carbocycles. The van der Waals surface area contributed by atoms with Crippen molar-refractivity contribution >= 4 is 15.9 Å². The summed E-state index contributed by atoms with van der Waals surface area (Å²) in [4.78, 5) is 0. The zero-order valence-electron chi connectivity index (χ0n) is 11.1. The van der Waals surface area contributed by atoms with Crippen LogP contribution in [0.1, 0.15) is 30.1 Å². The van der Waals surface area contributed by atoms with E-state index in [4.69, 9.17) is 14.9 Å². The summed E-state index contributed by atoms with van der Waals surface area (Å²) < 4.78 is 12.6. The number of hydrogen-bond donors (Lipinski definition) is 1. The highest BCUT2D eigenvalue weighted by Crippen LogP contribution is 2.24. The predicted molar refractivity (Wildman–Crippen MR) is 78.8 cm³/mol. The van der Waals surface area contributed by atoms with Gasteiger partial charge < -0.3 is 14.9 Å². The van der Waals surface area contributed by atoms with Crippen molar-refractivity contribution < 1.29 is 9.15 Å². The topological polar surface area (TPSA) is 48.4 Å². The van der Waals surface area contributed by atoms with Gasteiger partial charge in [0.1, 0.15) is 17.6 Å². The van der Waals surface area contributed by atoms with Crippen molar-refractivity contribution in [1.82, 2.24) is 0 Å². The Morgan fingerprint density at radius 3 is 2.42 bits per heavy atom. The normalized spacial score (nSPS) is 14.3. The van der Waals surface area contributed by atoms with Crippen molar-refractivity contribution in [3.63, 3.8) is 0 Å². The largest absolute Gasteiger partial charge is 0.464 e. The van der Waals surface area contributed by atoms with Crippen molar-refractivity contribution in [1.29, 1.82) is 0 Å². The van der Waals surface area contributed by atoms with Crippen molar-refractivity contribution in [2.75, 3.05) is 0 Å². The van der Waals surface area contributed by atoms with Gasteiger partial charge in [0.15, 0.2) is 0 Å². The summed E-state index contributed by atoms with van der Waals surface area (Å²) in [7, 11) is 0. The number of rotatable bonds is 5. The molecule has 1 aromatic carbocycles. The summed E-state index contributed by atoms with van der Waals surface area (Å²) in [6.45, 7) is 4.35. The number of hydrogen-bond acceptors (Lipinski definition) is 3. The Kier molecular flexibility index (Phi) is 4.80. The van der Waals surface area contributed by atoms with Crippen LogP contribution in [0.15, 0.2) is 45.3 Å². The molecule has 0 aliphatic carbocycles. The van der Waals surface area contributed by atoms with Crippen LogP contribution in [0.3, 0.4) is 0 Å². The summed E-state index contributed by atoms with van der Waals surface area (Å²) in [5.41, 5.74) is 7.08. The van der Waals surface area contributed by atoms with E-state index >= 15 is 0 Å². The Labute approximate surface area is 121 Å². The third-order valence-electron chi connectivity index (χ3n) is 2.86. The molecule has 19 heavy (non-hydrogen) atoms. The van der Waals surface area contributed by atoms with E-state index in [1.54, 1.807) is 0 Å². The van der Waals surface area contributed by atoms with Gasteiger partial charge in [-0.05, 0) is 43.7 Å². The van der Waals surface area contributed by atoms with E-state index in [2.05, 4.69) is 15.9 Å². The van der Waals surface area contributed by atoms with Gasteiger partial charge in [0.05, 0.1) is 6.61 Å². The van der Waals surface area contributed by atoms with Gasteiger partial charge in [-0.25, -0.2) is 0 Å². The van der Waals surface area contributed by atoms with Crippen molar-refractivity contribution in [2.24, 2.45) is 5.73 Å². The molecule has 0 bridgehead atoms. The molecule has 0 radical (unpaired) electrons. The van der Waals surface area contributed by atoms with Crippen LogP contribution in [0.2, 0.25) is 0 Å². The van der Waals surface area contributed by atoms with Crippen LogP contribution in [0.4, 0.5) is 0 Å². The van der Waals surface area contributed by atoms with Gasteiger partial charge >= 0.3 is 0 Å². The molecule has 2 aromatic rings. The highest BCUT2D eigenvalue weighted by molar-refractivity contribution is 9.10. The van der Waals surface area contributed by atoms with Gasteiger partial charge in [0.2, 0.25) is 0 Å². The fraction of sp³-hybridized carbons (Fsp3) is 0.333. The number of furan rings is 1. The summed E-state index contributed by atoms with van der Waals surface area (Å²) in [6.07, 6.45) is -0.225. The van der Waals surface area contributed by atoms with Crippen LogP contribution in [0.5, 0.6) is 0 Å². The summed E-state index contributed by atoms with van der Waals surface area (Å²) in [6, 6.07) is 11.8. The average Bonchev–Trinajstić information content (AvgIpc) is 2.78. The van der Waals surface area contributed by atoms with E-state index in [1.165, 1.54) is 0 Å². The minimum atomic E-state index is -0.225. The van der Waals surface area contributed by atoms with E-state index in [0.29, 0.717) is 6.61 Å². The molecule has 0 spiro atoms. The maximum Gasteiger partial charge on any atom is 0.134 e. The van der Waals surface area contributed by atoms with Crippen LogP contribution < -0.4 is 5.73 Å². The monoisotopic (exact) mass is 323 g/mol. The second-order valence-corrected chi connectivity index (χ2v) is 5.58. The first-order chi connectivity index (χ1) is 9.06. The van der Waals surface area contributed by atoms with E-state index < -0.39 is 0 Å². The molecule has 102 valence electrons. The molecule has 2 atom stereocenters. The van der Waals surface area contributed by atoms with Gasteiger partial charge in [-0.1, -0.05) is 28.1 Å². The minimum Gasteiger partial charge on any atom is -0.464 e. The van der Waals surface area contributed by atoms with Gasteiger partial charge in [0, 0.05) is 10.5 Å². The molecule has 0 saturated heterocycles. The highest BCUT2D eigenvalue weighted by atomic mass is 79.9. The van der Waals surface area contributed by atoms with Crippen molar-refractivity contribution in [3.05, 3.63) is 58.0 Å². The van der Waals surface area contributed by atoms with Crippen LogP contribution in [0.25, 0.3) is 0 Å². The van der Waals surface area contributed by atoms with E-state index in [1.807, 2.05) is 50.2 Å². The molecule has 2 rings (SSSR count). The quantitative estimate of drug-likeness (QED) is 0.906. The molecular weight excluding hydrogens is 306 g/mol. The Hall–Kier alpha value is -1.10. The second-order valence-electron chi connectivity index (χ2n) is 4.67. The molecular formula is C15H18BrNO2. The lowest BCUT2D eigenvalue weighted by Gasteiger charge is -2.19. The van der Waals surface area contributed by atoms with Gasteiger partial charge in [-0.2, -0.15) is 0 Å². The molecule has 0 amide bonds. The smallest absolute Gasteiger partial charge is 0.134 e. The highest BCUT2D eigenvalue weighted by Gasteiger charge is 2.20. The van der Waals surface area contributed by atoms with Crippen LogP contribution in [-0.4, -0.2) is 6.04 Å². The Balaban J connectivity index is 2.03. The number of aryl methyl sites for hydroxylation is 1. The first-order valence-corrected chi connectivity index (χ1v) is 7.03. The molecule has 2 unspecified atom stereocenters. The number of halogens is 1. The SMILES string of the molecule is Cc1ccc(C(OCc2ccc(Br)cc2)C(C)N)o1. The maximum atomic E-state index is 5.97. The third kappa shape index (κ3) is 3.93. The van der Waals surface area contributed by atoms with Crippen LogP contribution in [-0.2, 0) is 11.3 Å². The number of nitrogens with two attached hydrogens (primary N) is 1. The first-order valence-electron chi connectivity index (χ1n) is 6.24. The number of benzene rings is 1. The lowest BCUT2D eigenvalue weighted by atomic mass is 10.1. The van der Waals surface area contributed by atoms with Crippen LogP contribution in [0, 0.1) is 6.92 Å². The van der Waals surface area contributed by atoms with E-state index in [0.717, 1.165) is 21.6 Å². The summed E-state index contributed by atoms with van der Waals surface area (Å²) >= 11 is 3.41. The average molecular weight is 324 g/mol. The minimum absolute atomic E-state index is 0.124. The molecule has 3 nitrogen and oxygen atoms in total. The number of ether oxygens (including phenoxy) is 1. The summed E-state index contributed by atoms with van der Waals surface area (Å²) in [5.74, 6) is 1.65. The molecule has 1 aromatic heterocycles. The zero-order chi connectivity index (χ0) is 13.8. The maximum absolute atomic E-state index is 5.97. The first kappa shape index (κ1) is 14.3. The standard InChI is InChI=1S/C15H18BrNO2/c1-10-3-8-14(19-10)15(11(2)17)18-9-12-4-6-13(16)7-5-12/h3-8,11,15H,9,17H2,1-2H3. The molecule has 4 heteroatoms. The molecule has 2 N–H and O–H groups in total. The fourth-order valence-corrected chi connectivity index (χ4v) is 2.13. The lowest BCUT2D eigenvalue weighted by Crippen LogP contribution is -2.26. The molecule has 1 heterocycles. The molecule has 0 fully saturated rings. The predicted octanol–water partition coefficient (Wildman–Crippen LogP) is 3.96. The molecule has 0 aliphatic heterocycles. The van der Waals surface area contributed by atoms with Crippen molar-refractivity contribution in [2.45, 2.75) is 32.6 Å². The zero-order valence-corrected chi connectivity index (χ0v) is 12.7. The van der Waals surface area contributed by atoms with E-state index in [9.17, 15) is 0 Å². The van der Waals surface area contributed by atoms with Gasteiger partial charge in [-0.3, -0.25) is 0 Å². The fourth-order valence-electron chi connectivity index (χ4n) is 1.87. The summed E-state index contributed by atoms with van der Waals surface area (Å²) in [5, 5.41) is 0. The Bertz CT molecular complexity index is 519. The third-order valence-corrected chi connectivity index (χ3v) is 3.39. The van der Waals surface area contributed by atoms with Crippen LogP contribution >= 0.6 is 15.9 Å². The lowest BCUT2D eigenvalue weighted by molar-refractivity contribution is 0.0115. The van der Waals surface area contributed by atoms with Crippen molar-refractivity contribution in [3.8, 4) is 0 Å². The second kappa shape index (κ2) is 6.37. The van der Waals surface area contributed by atoms with E-state index in [-0.39, 0.29) is 12.1 Å². The Morgan fingerprint density at radius 2 is 1.89 bits per heavy atom. The molecule has 0 aliphatic rings. The van der Waals surface area contributed by atoms with Gasteiger partial charge in [-0.15, -0.1) is 0 Å².